The van der Waals surface area contributed by atoms with Gasteiger partial charge in [0.15, 0.2) is 6.10 Å². The lowest BCUT2D eigenvalue weighted by Crippen LogP contribution is -2.34. The molecule has 0 bridgehead atoms. The van der Waals surface area contributed by atoms with Crippen LogP contribution in [0.2, 0.25) is 0 Å². The van der Waals surface area contributed by atoms with Gasteiger partial charge < -0.3 is 15.4 Å². The molecule has 2 atom stereocenters. The second-order valence-electron chi connectivity index (χ2n) is 5.39. The van der Waals surface area contributed by atoms with Crippen LogP contribution in [0.4, 0.5) is 11.4 Å². The molecule has 0 aromatic heterocycles. The lowest BCUT2D eigenvalue weighted by atomic mass is 10.2. The third kappa shape index (κ3) is 3.30. The van der Waals surface area contributed by atoms with Crippen LogP contribution < -0.4 is 15.4 Å². The van der Waals surface area contributed by atoms with Gasteiger partial charge in [-0.05, 0) is 49.4 Å². The lowest BCUT2D eigenvalue weighted by molar-refractivity contribution is -0.122. The van der Waals surface area contributed by atoms with Crippen LogP contribution in [0.25, 0.3) is 0 Å². The van der Waals surface area contributed by atoms with Gasteiger partial charge in [-0.2, -0.15) is 0 Å². The number of benzene rings is 2. The maximum atomic E-state index is 12.3. The van der Waals surface area contributed by atoms with Crippen LogP contribution in [0.1, 0.15) is 17.3 Å². The molecule has 1 heterocycles. The van der Waals surface area contributed by atoms with Crippen molar-refractivity contribution in [3.8, 4) is 5.75 Å². The van der Waals surface area contributed by atoms with E-state index in [-0.39, 0.29) is 11.8 Å². The van der Waals surface area contributed by atoms with E-state index in [1.54, 1.807) is 55.6 Å². The summed E-state index contributed by atoms with van der Waals surface area (Å²) in [5, 5.41) is 5.50. The van der Waals surface area contributed by atoms with Gasteiger partial charge in [-0.1, -0.05) is 0 Å². The molecule has 0 radical (unpaired) electrons. The maximum absolute atomic E-state index is 12.3. The van der Waals surface area contributed by atoms with E-state index in [1.165, 1.54) is 0 Å². The third-order valence-corrected chi connectivity index (χ3v) is 4.55. The summed E-state index contributed by atoms with van der Waals surface area (Å²) in [6, 6.07) is 11.6. The van der Waals surface area contributed by atoms with Gasteiger partial charge in [0, 0.05) is 33.2 Å². The standard InChI is InChI=1S/C17H16N2O4S/c1-10-16(20)19-14-9-12(5-8-15(14)23-10)18-17(21)11-3-6-13(7-4-11)24(2)22/h3-10H,1-2H3,(H,18,21)(H,19,20)/t10-,24+/m0/s1. The zero-order valence-corrected chi connectivity index (χ0v) is 14.0. The molecular weight excluding hydrogens is 328 g/mol. The molecule has 1 aliphatic heterocycles. The molecule has 2 aromatic rings. The maximum Gasteiger partial charge on any atom is 0.265 e. The molecule has 7 heteroatoms. The van der Waals surface area contributed by atoms with Crippen LogP contribution >= 0.6 is 0 Å². The van der Waals surface area contributed by atoms with Crippen molar-refractivity contribution in [1.29, 1.82) is 0 Å². The molecule has 2 aromatic carbocycles. The smallest absolute Gasteiger partial charge is 0.265 e. The van der Waals surface area contributed by atoms with E-state index >= 15 is 0 Å². The summed E-state index contributed by atoms with van der Waals surface area (Å²) in [4.78, 5) is 24.6. The molecule has 2 N–H and O–H groups in total. The number of hydrogen-bond donors (Lipinski definition) is 2. The van der Waals surface area contributed by atoms with Crippen LogP contribution in [-0.4, -0.2) is 28.4 Å². The van der Waals surface area contributed by atoms with Crippen molar-refractivity contribution < 1.29 is 18.5 Å². The molecule has 0 aliphatic carbocycles. The molecule has 3 rings (SSSR count). The van der Waals surface area contributed by atoms with Gasteiger partial charge >= 0.3 is 0 Å². The highest BCUT2D eigenvalue weighted by molar-refractivity contribution is 7.84. The first kappa shape index (κ1) is 16.2. The minimum Gasteiger partial charge on any atom is -0.479 e. The fourth-order valence-electron chi connectivity index (χ4n) is 2.29. The van der Waals surface area contributed by atoms with Crippen molar-refractivity contribution in [2.24, 2.45) is 0 Å². The summed E-state index contributed by atoms with van der Waals surface area (Å²) in [5.41, 5.74) is 1.52. The Morgan fingerprint density at radius 2 is 1.92 bits per heavy atom. The number of nitrogens with one attached hydrogen (secondary N) is 2. The number of ether oxygens (including phenoxy) is 1. The van der Waals surface area contributed by atoms with Gasteiger partial charge in [0.25, 0.3) is 11.8 Å². The van der Waals surface area contributed by atoms with E-state index in [9.17, 15) is 13.8 Å². The second-order valence-corrected chi connectivity index (χ2v) is 6.77. The molecule has 0 unspecified atom stereocenters. The first-order valence-corrected chi connectivity index (χ1v) is 8.86. The largest absolute Gasteiger partial charge is 0.479 e. The van der Waals surface area contributed by atoms with Crippen molar-refractivity contribution in [3.63, 3.8) is 0 Å². The summed E-state index contributed by atoms with van der Waals surface area (Å²) in [6.45, 7) is 1.67. The monoisotopic (exact) mass is 344 g/mol. The fourth-order valence-corrected chi connectivity index (χ4v) is 2.81. The van der Waals surface area contributed by atoms with Crippen LogP contribution in [0.5, 0.6) is 5.75 Å². The molecule has 0 fully saturated rings. The van der Waals surface area contributed by atoms with Gasteiger partial charge in [0.05, 0.1) is 5.69 Å². The molecule has 124 valence electrons. The molecular formula is C17H16N2O4S. The molecule has 24 heavy (non-hydrogen) atoms. The molecule has 2 amide bonds. The first-order chi connectivity index (χ1) is 11.4. The van der Waals surface area contributed by atoms with Crippen molar-refractivity contribution in [2.45, 2.75) is 17.9 Å². The second kappa shape index (κ2) is 6.45. The summed E-state index contributed by atoms with van der Waals surface area (Å²) in [7, 11) is -1.08. The minimum atomic E-state index is -1.08. The number of anilines is 2. The third-order valence-electron chi connectivity index (χ3n) is 3.62. The average molecular weight is 344 g/mol. The van der Waals surface area contributed by atoms with Gasteiger partial charge in [-0.3, -0.25) is 13.8 Å². The van der Waals surface area contributed by atoms with E-state index < -0.39 is 16.9 Å². The topological polar surface area (TPSA) is 84.5 Å². The van der Waals surface area contributed by atoms with Crippen LogP contribution in [-0.2, 0) is 15.6 Å². The molecule has 0 spiro atoms. The number of carbonyl (C=O) groups is 2. The van der Waals surface area contributed by atoms with Crippen molar-refractivity contribution in [3.05, 3.63) is 48.0 Å². The van der Waals surface area contributed by atoms with Gasteiger partial charge in [0.2, 0.25) is 0 Å². The highest BCUT2D eigenvalue weighted by Gasteiger charge is 2.23. The van der Waals surface area contributed by atoms with Crippen molar-refractivity contribution in [1.82, 2.24) is 0 Å². The highest BCUT2D eigenvalue weighted by Crippen LogP contribution is 2.32. The van der Waals surface area contributed by atoms with Gasteiger partial charge in [-0.15, -0.1) is 0 Å². The van der Waals surface area contributed by atoms with E-state index in [0.29, 0.717) is 27.6 Å². The predicted octanol–water partition coefficient (Wildman–Crippen LogP) is 2.40. The Hall–Kier alpha value is -2.67. The predicted molar refractivity (Wildman–Crippen MR) is 91.9 cm³/mol. The Morgan fingerprint density at radius 3 is 2.58 bits per heavy atom. The fraction of sp³-hybridized carbons (Fsp3) is 0.176. The minimum absolute atomic E-state index is 0.228. The summed E-state index contributed by atoms with van der Waals surface area (Å²) < 4.78 is 16.8. The van der Waals surface area contributed by atoms with E-state index in [0.717, 1.165) is 0 Å². The van der Waals surface area contributed by atoms with Crippen LogP contribution in [0.15, 0.2) is 47.4 Å². The van der Waals surface area contributed by atoms with Crippen molar-refractivity contribution >= 4 is 34.0 Å². The van der Waals surface area contributed by atoms with Crippen LogP contribution in [0.3, 0.4) is 0 Å². The average Bonchev–Trinajstić information content (AvgIpc) is 2.56. The molecule has 1 aliphatic rings. The number of rotatable bonds is 3. The summed E-state index contributed by atoms with van der Waals surface area (Å²) >= 11 is 0. The summed E-state index contributed by atoms with van der Waals surface area (Å²) in [5.74, 6) is 0.0452. The first-order valence-electron chi connectivity index (χ1n) is 7.30. The Balaban J connectivity index is 1.76. The van der Waals surface area contributed by atoms with Gasteiger partial charge in [-0.25, -0.2) is 0 Å². The Morgan fingerprint density at radius 1 is 1.21 bits per heavy atom. The van der Waals surface area contributed by atoms with E-state index in [2.05, 4.69) is 10.6 Å². The zero-order chi connectivity index (χ0) is 17.3. The Labute approximate surface area is 141 Å². The molecule has 0 saturated heterocycles. The van der Waals surface area contributed by atoms with Crippen molar-refractivity contribution in [2.75, 3.05) is 16.9 Å². The summed E-state index contributed by atoms with van der Waals surface area (Å²) in [6.07, 6.45) is 1.04. The molecule has 6 nitrogen and oxygen atoms in total. The quantitative estimate of drug-likeness (QED) is 0.895. The number of amides is 2. The van der Waals surface area contributed by atoms with E-state index in [4.69, 9.17) is 4.74 Å². The number of fused-ring (bicyclic) bond motifs is 1. The normalized spacial score (nSPS) is 17.2. The Kier molecular flexibility index (Phi) is 4.35. The number of hydrogen-bond acceptors (Lipinski definition) is 4. The lowest BCUT2D eigenvalue weighted by Gasteiger charge is -2.23. The molecule has 0 saturated carbocycles. The number of carbonyl (C=O) groups excluding carboxylic acids is 2. The Bertz CT molecular complexity index is 833. The van der Waals surface area contributed by atoms with E-state index in [1.807, 2.05) is 0 Å². The SMILES string of the molecule is C[C@@H]1Oc2ccc(NC(=O)c3ccc([S@@](C)=O)cc3)cc2NC1=O. The van der Waals surface area contributed by atoms with Gasteiger partial charge in [0.1, 0.15) is 5.75 Å². The highest BCUT2D eigenvalue weighted by atomic mass is 32.2. The zero-order valence-electron chi connectivity index (χ0n) is 13.2. The van der Waals surface area contributed by atoms with Crippen LogP contribution in [0, 0.1) is 0 Å².